The summed E-state index contributed by atoms with van der Waals surface area (Å²) < 4.78 is 0. The van der Waals surface area contributed by atoms with Gasteiger partial charge in [0.1, 0.15) is 6.04 Å². The number of hydrogen-bond acceptors (Lipinski definition) is 3. The van der Waals surface area contributed by atoms with Crippen LogP contribution >= 0.6 is 0 Å². The highest BCUT2D eigenvalue weighted by atomic mass is 16.4. The summed E-state index contributed by atoms with van der Waals surface area (Å²) in [6.07, 6.45) is 1.65. The Labute approximate surface area is 105 Å². The van der Waals surface area contributed by atoms with E-state index in [4.69, 9.17) is 5.11 Å². The van der Waals surface area contributed by atoms with Crippen LogP contribution in [0, 0.1) is 0 Å². The normalized spacial score (nSPS) is 19.7. The van der Waals surface area contributed by atoms with Crippen LogP contribution in [0.15, 0.2) is 30.3 Å². The van der Waals surface area contributed by atoms with Crippen molar-refractivity contribution < 1.29 is 14.7 Å². The number of nitrogens with zero attached hydrogens (tertiary/aromatic N) is 1. The number of rotatable bonds is 4. The van der Waals surface area contributed by atoms with Crippen LogP contribution < -0.4 is 5.43 Å². The minimum Gasteiger partial charge on any atom is -0.480 e. The Morgan fingerprint density at radius 1 is 1.33 bits per heavy atom. The molecule has 2 N–H and O–H groups in total. The molecule has 5 heteroatoms. The van der Waals surface area contributed by atoms with E-state index in [0.29, 0.717) is 13.0 Å². The molecule has 96 valence electrons. The molecule has 1 fully saturated rings. The molecule has 1 saturated heterocycles. The lowest BCUT2D eigenvalue weighted by molar-refractivity contribution is -0.144. The van der Waals surface area contributed by atoms with Gasteiger partial charge in [-0.25, -0.2) is 5.01 Å². The van der Waals surface area contributed by atoms with Gasteiger partial charge in [-0.2, -0.15) is 0 Å². The Kier molecular flexibility index (Phi) is 3.94. The highest BCUT2D eigenvalue weighted by molar-refractivity contribution is 5.79. The zero-order valence-corrected chi connectivity index (χ0v) is 10.0. The number of benzene rings is 1. The van der Waals surface area contributed by atoms with E-state index in [1.807, 2.05) is 30.3 Å². The molecule has 0 unspecified atom stereocenters. The van der Waals surface area contributed by atoms with Gasteiger partial charge in [-0.3, -0.25) is 15.0 Å². The van der Waals surface area contributed by atoms with Crippen LogP contribution in [0.4, 0.5) is 0 Å². The van der Waals surface area contributed by atoms with Crippen molar-refractivity contribution in [1.29, 1.82) is 0 Å². The maximum atomic E-state index is 11.8. The predicted molar refractivity (Wildman–Crippen MR) is 65.7 cm³/mol. The number of hydrazine groups is 1. The van der Waals surface area contributed by atoms with E-state index in [-0.39, 0.29) is 12.3 Å². The molecule has 0 aliphatic carbocycles. The summed E-state index contributed by atoms with van der Waals surface area (Å²) in [6.45, 7) is 0.595. The summed E-state index contributed by atoms with van der Waals surface area (Å²) in [4.78, 5) is 22.7. The van der Waals surface area contributed by atoms with Crippen molar-refractivity contribution in [3.8, 4) is 0 Å². The molecule has 1 aliphatic heterocycles. The van der Waals surface area contributed by atoms with E-state index in [0.717, 1.165) is 12.0 Å². The number of carboxylic acids is 1. The van der Waals surface area contributed by atoms with Gasteiger partial charge in [-0.1, -0.05) is 30.3 Å². The first-order chi connectivity index (χ1) is 8.66. The number of aliphatic carboxylic acids is 1. The Hall–Kier alpha value is -1.88. The van der Waals surface area contributed by atoms with E-state index < -0.39 is 12.0 Å². The van der Waals surface area contributed by atoms with Crippen molar-refractivity contribution in [2.45, 2.75) is 25.3 Å². The summed E-state index contributed by atoms with van der Waals surface area (Å²) in [6, 6.07) is 8.79. The molecule has 2 rings (SSSR count). The lowest BCUT2D eigenvalue weighted by atomic mass is 10.1. The highest BCUT2D eigenvalue weighted by Crippen LogP contribution is 2.14. The van der Waals surface area contributed by atoms with Gasteiger partial charge in [0.15, 0.2) is 0 Å². The summed E-state index contributed by atoms with van der Waals surface area (Å²) >= 11 is 0. The van der Waals surface area contributed by atoms with Crippen LogP contribution in [-0.2, 0) is 16.0 Å². The Morgan fingerprint density at radius 2 is 2.06 bits per heavy atom. The average Bonchev–Trinajstić information content (AvgIpc) is 2.78. The van der Waals surface area contributed by atoms with E-state index in [1.165, 1.54) is 5.01 Å². The zero-order chi connectivity index (χ0) is 13.0. The lowest BCUT2D eigenvalue weighted by Crippen LogP contribution is -2.48. The zero-order valence-electron chi connectivity index (χ0n) is 10.0. The maximum Gasteiger partial charge on any atom is 0.322 e. The first-order valence-electron chi connectivity index (χ1n) is 5.99. The number of amides is 1. The van der Waals surface area contributed by atoms with Crippen LogP contribution in [0.1, 0.15) is 18.4 Å². The Morgan fingerprint density at radius 3 is 2.72 bits per heavy atom. The first-order valence-corrected chi connectivity index (χ1v) is 5.99. The molecule has 0 saturated carbocycles. The predicted octanol–water partition coefficient (Wildman–Crippen LogP) is 0.809. The van der Waals surface area contributed by atoms with Crippen LogP contribution in [0.25, 0.3) is 0 Å². The minimum absolute atomic E-state index is 0.172. The van der Waals surface area contributed by atoms with Crippen molar-refractivity contribution in [2.75, 3.05) is 6.54 Å². The van der Waals surface area contributed by atoms with E-state index in [1.54, 1.807) is 0 Å². The molecular formula is C13H16N2O3. The largest absolute Gasteiger partial charge is 0.480 e. The van der Waals surface area contributed by atoms with Crippen molar-refractivity contribution in [3.05, 3.63) is 35.9 Å². The van der Waals surface area contributed by atoms with Gasteiger partial charge in [0.05, 0.1) is 6.42 Å². The number of carbonyl (C=O) groups is 2. The third-order valence-corrected chi connectivity index (χ3v) is 3.01. The smallest absolute Gasteiger partial charge is 0.322 e. The molecule has 1 amide bonds. The molecular weight excluding hydrogens is 232 g/mol. The third-order valence-electron chi connectivity index (χ3n) is 3.01. The molecule has 0 bridgehead atoms. The van der Waals surface area contributed by atoms with E-state index >= 15 is 0 Å². The molecule has 1 aliphatic rings. The Bertz CT molecular complexity index is 433. The standard InChI is InChI=1S/C13H16N2O3/c16-12(9-10-5-2-1-3-6-10)14-15-8-4-7-11(15)13(17)18/h1-3,5-6,11H,4,7-9H2,(H,14,16)(H,17,18)/t11-/m0/s1. The molecule has 0 radical (unpaired) electrons. The molecule has 1 atom stereocenters. The van der Waals surface area contributed by atoms with Crippen LogP contribution in [0.5, 0.6) is 0 Å². The van der Waals surface area contributed by atoms with Crippen molar-refractivity contribution in [1.82, 2.24) is 10.4 Å². The molecule has 1 heterocycles. The van der Waals surface area contributed by atoms with Crippen LogP contribution in [0.3, 0.4) is 0 Å². The second-order valence-corrected chi connectivity index (χ2v) is 4.39. The van der Waals surface area contributed by atoms with E-state index in [9.17, 15) is 9.59 Å². The SMILES string of the molecule is O=C(Cc1ccccc1)NN1CCC[C@H]1C(=O)O. The van der Waals surface area contributed by atoms with Crippen molar-refractivity contribution in [3.63, 3.8) is 0 Å². The number of carbonyl (C=O) groups excluding carboxylic acids is 1. The number of hydrogen-bond donors (Lipinski definition) is 2. The molecule has 18 heavy (non-hydrogen) atoms. The fourth-order valence-corrected chi connectivity index (χ4v) is 2.14. The first kappa shape index (κ1) is 12.6. The van der Waals surface area contributed by atoms with Gasteiger partial charge in [0, 0.05) is 6.54 Å². The summed E-state index contributed by atoms with van der Waals surface area (Å²) in [5.74, 6) is -1.05. The Balaban J connectivity index is 1.90. The fourth-order valence-electron chi connectivity index (χ4n) is 2.14. The van der Waals surface area contributed by atoms with Gasteiger partial charge >= 0.3 is 5.97 Å². The maximum absolute atomic E-state index is 11.8. The lowest BCUT2D eigenvalue weighted by Gasteiger charge is -2.21. The second-order valence-electron chi connectivity index (χ2n) is 4.39. The monoisotopic (exact) mass is 248 g/mol. The molecule has 0 aromatic heterocycles. The molecule has 5 nitrogen and oxygen atoms in total. The summed E-state index contributed by atoms with van der Waals surface area (Å²) in [5, 5.41) is 10.5. The van der Waals surface area contributed by atoms with Crippen molar-refractivity contribution >= 4 is 11.9 Å². The second kappa shape index (κ2) is 5.64. The topological polar surface area (TPSA) is 69.6 Å². The molecule has 1 aromatic carbocycles. The van der Waals surface area contributed by atoms with Gasteiger partial charge in [-0.05, 0) is 18.4 Å². The molecule has 0 spiro atoms. The fraction of sp³-hybridized carbons (Fsp3) is 0.385. The van der Waals surface area contributed by atoms with Gasteiger partial charge < -0.3 is 5.11 Å². The molecule has 1 aromatic rings. The summed E-state index contributed by atoms with van der Waals surface area (Å²) in [7, 11) is 0. The van der Waals surface area contributed by atoms with Crippen LogP contribution in [-0.4, -0.2) is 34.6 Å². The van der Waals surface area contributed by atoms with Gasteiger partial charge in [0.25, 0.3) is 0 Å². The third kappa shape index (κ3) is 3.07. The average molecular weight is 248 g/mol. The van der Waals surface area contributed by atoms with E-state index in [2.05, 4.69) is 5.43 Å². The number of carboxylic acid groups (broad SMARTS) is 1. The number of nitrogens with one attached hydrogen (secondary N) is 1. The van der Waals surface area contributed by atoms with Crippen molar-refractivity contribution in [2.24, 2.45) is 0 Å². The quantitative estimate of drug-likeness (QED) is 0.827. The highest BCUT2D eigenvalue weighted by Gasteiger charge is 2.31. The van der Waals surface area contributed by atoms with Crippen LogP contribution in [0.2, 0.25) is 0 Å². The van der Waals surface area contributed by atoms with Gasteiger partial charge in [0.2, 0.25) is 5.91 Å². The minimum atomic E-state index is -0.882. The summed E-state index contributed by atoms with van der Waals surface area (Å²) in [5.41, 5.74) is 3.59. The van der Waals surface area contributed by atoms with Gasteiger partial charge in [-0.15, -0.1) is 0 Å².